The van der Waals surface area contributed by atoms with Crippen LogP contribution in [0.1, 0.15) is 114 Å². The Bertz CT molecular complexity index is 1950. The number of methoxy groups -OCH3 is 1. The van der Waals surface area contributed by atoms with Crippen molar-refractivity contribution in [3.05, 3.63) is 23.8 Å². The predicted molar refractivity (Wildman–Crippen MR) is 228 cm³/mol. The monoisotopic (exact) mass is 932 g/mol. The molecule has 0 aromatic heterocycles. The van der Waals surface area contributed by atoms with Crippen molar-refractivity contribution in [2.24, 2.45) is 40.4 Å². The number of carbonyl (C=O) groups excluding carboxylic acids is 7. The van der Waals surface area contributed by atoms with Crippen LogP contribution in [0.25, 0.3) is 0 Å². The van der Waals surface area contributed by atoms with Crippen LogP contribution in [0.3, 0.4) is 0 Å². The first-order chi connectivity index (χ1) is 30.9. The van der Waals surface area contributed by atoms with Gasteiger partial charge in [0, 0.05) is 92.1 Å². The maximum Gasteiger partial charge on any atom is 0.303 e. The van der Waals surface area contributed by atoms with E-state index in [2.05, 4.69) is 33.4 Å². The van der Waals surface area contributed by atoms with Crippen LogP contribution in [0.5, 0.6) is 0 Å². The molecule has 0 amide bonds. The first-order valence-electron chi connectivity index (χ1n) is 23.0. The molecule has 0 aromatic rings. The van der Waals surface area contributed by atoms with Crippen molar-refractivity contribution in [2.75, 3.05) is 20.3 Å². The normalized spacial score (nSPS) is 39.8. The molecule has 3 saturated carbocycles. The van der Waals surface area contributed by atoms with Gasteiger partial charge in [0.15, 0.2) is 30.4 Å². The minimum atomic E-state index is -1.38. The van der Waals surface area contributed by atoms with Crippen molar-refractivity contribution in [1.82, 2.24) is 0 Å². The topological polar surface area (TPSA) is 221 Å². The van der Waals surface area contributed by atoms with Crippen molar-refractivity contribution in [2.45, 2.75) is 175 Å². The molecule has 4 aliphatic carbocycles. The van der Waals surface area contributed by atoms with Crippen molar-refractivity contribution < 1.29 is 85.7 Å². The lowest BCUT2D eigenvalue weighted by molar-refractivity contribution is -0.306. The lowest BCUT2D eigenvalue weighted by Gasteiger charge is -2.61. The largest absolute Gasteiger partial charge is 0.463 e. The summed E-state index contributed by atoms with van der Waals surface area (Å²) in [6.07, 6.45) is -2.45. The summed E-state index contributed by atoms with van der Waals surface area (Å²) in [5.41, 5.74) is 0.642. The van der Waals surface area contributed by atoms with Gasteiger partial charge in [-0.2, -0.15) is 0 Å². The Morgan fingerprint density at radius 1 is 0.758 bits per heavy atom. The van der Waals surface area contributed by atoms with Crippen LogP contribution in [-0.2, 0) is 85.7 Å². The van der Waals surface area contributed by atoms with Crippen LogP contribution in [0, 0.1) is 40.4 Å². The number of rotatable bonds is 15. The van der Waals surface area contributed by atoms with E-state index in [-0.39, 0.29) is 60.3 Å². The van der Waals surface area contributed by atoms with Crippen molar-refractivity contribution in [1.29, 1.82) is 0 Å². The molecule has 2 heterocycles. The second-order valence-electron chi connectivity index (χ2n) is 19.5. The van der Waals surface area contributed by atoms with E-state index in [1.54, 1.807) is 7.11 Å². The van der Waals surface area contributed by atoms with E-state index in [0.717, 1.165) is 39.2 Å². The van der Waals surface area contributed by atoms with Gasteiger partial charge in [-0.1, -0.05) is 44.6 Å². The fraction of sp³-hybridized carbons (Fsp3) is 0.771. The van der Waals surface area contributed by atoms with E-state index in [4.69, 9.17) is 52.1 Å². The second-order valence-corrected chi connectivity index (χ2v) is 19.5. The summed E-state index contributed by atoms with van der Waals surface area (Å²) in [6, 6.07) is 0. The summed E-state index contributed by atoms with van der Waals surface area (Å²) in [6.45, 7) is 19.1. The molecule has 18 heteroatoms. The van der Waals surface area contributed by atoms with Crippen LogP contribution in [0.15, 0.2) is 23.8 Å². The van der Waals surface area contributed by atoms with Gasteiger partial charge in [-0.15, -0.1) is 0 Å². The number of esters is 7. The molecule has 368 valence electrons. The minimum Gasteiger partial charge on any atom is -0.463 e. The van der Waals surface area contributed by atoms with Gasteiger partial charge < -0.3 is 52.1 Å². The quantitative estimate of drug-likeness (QED) is 0.120. The Kier molecular flexibility index (Phi) is 15.5. The van der Waals surface area contributed by atoms with E-state index in [0.29, 0.717) is 37.7 Å². The molecule has 0 spiro atoms. The molecular weight excluding hydrogens is 865 g/mol. The average molecular weight is 933 g/mol. The van der Waals surface area contributed by atoms with Crippen LogP contribution >= 0.6 is 0 Å². The molecule has 0 unspecified atom stereocenters. The molecule has 17 atom stereocenters. The van der Waals surface area contributed by atoms with Gasteiger partial charge in [0.1, 0.15) is 31.0 Å². The van der Waals surface area contributed by atoms with Crippen LogP contribution in [0.4, 0.5) is 0 Å². The lowest BCUT2D eigenvalue weighted by Crippen LogP contribution is -2.63. The summed E-state index contributed by atoms with van der Waals surface area (Å²) in [5.74, 6) is -5.15. The lowest BCUT2D eigenvalue weighted by atomic mass is 9.45. The number of carbonyl (C=O) groups is 7. The van der Waals surface area contributed by atoms with Crippen LogP contribution in [-0.4, -0.2) is 123 Å². The third-order valence-corrected chi connectivity index (χ3v) is 15.2. The van der Waals surface area contributed by atoms with Gasteiger partial charge in [-0.05, 0) is 48.9 Å². The molecule has 0 bridgehead atoms. The standard InChI is InChI=1S/C48H68O18/c1-23(21-58-45-44(64-31(9)55)43(63-30(8)54)42(62-29(7)53)38(65-45)22-57-25(3)49)15-16-48(56-12)24(2)40-36(66-48)19-35-34-14-13-32-17-33(59-26(4)50)18-39(61-28(6)52)47(32,11)41(34)37(60-27(5)51)20-46(35,40)10/h13,24,33-45H,1,14-22H2,2-12H3/t24-,33+,34-,35-,36-,37+,38+,39+,40-,41+,42+,43-,44+,45+,46-,47+,48+/m0/s1. The maximum atomic E-state index is 12.9. The SMILES string of the molecule is C=C(CC[C@@]1(OC)O[C@H]2C[C@H]3[C@@H]4CC=C5C[C@@H](OC(C)=O)C[C@@H](OC(C)=O)[C@]5(C)[C@H]4[C@H](OC(C)=O)C[C@]3(C)[C@H]2[C@@H]1C)CO[C@@H]1O[C@H](COC(C)=O)[C@@H](OC(C)=O)[C@H](OC(C)=O)[C@H]1OC(C)=O. The Morgan fingerprint density at radius 2 is 1.36 bits per heavy atom. The fourth-order valence-corrected chi connectivity index (χ4v) is 13.0. The maximum absolute atomic E-state index is 12.9. The Labute approximate surface area is 386 Å². The third-order valence-electron chi connectivity index (χ3n) is 15.2. The Hall–Kier alpha value is -4.39. The summed E-state index contributed by atoms with van der Waals surface area (Å²) < 4.78 is 65.4. The molecule has 0 N–H and O–H groups in total. The smallest absolute Gasteiger partial charge is 0.303 e. The number of allylic oxidation sites excluding steroid dienone is 1. The summed E-state index contributed by atoms with van der Waals surface area (Å²) in [7, 11) is 1.63. The number of hydrogen-bond acceptors (Lipinski definition) is 18. The summed E-state index contributed by atoms with van der Waals surface area (Å²) in [5, 5.41) is 0. The number of ether oxygens (including phenoxy) is 11. The molecule has 6 aliphatic rings. The van der Waals surface area contributed by atoms with E-state index in [1.165, 1.54) is 27.7 Å². The highest BCUT2D eigenvalue weighted by Gasteiger charge is 2.71. The molecule has 0 radical (unpaired) electrons. The second kappa shape index (κ2) is 20.1. The molecule has 0 aromatic carbocycles. The van der Waals surface area contributed by atoms with Gasteiger partial charge in [0.25, 0.3) is 0 Å². The van der Waals surface area contributed by atoms with Gasteiger partial charge in [-0.25, -0.2) is 0 Å². The highest BCUT2D eigenvalue weighted by Crippen LogP contribution is 2.71. The zero-order valence-corrected chi connectivity index (χ0v) is 40.1. The van der Waals surface area contributed by atoms with Gasteiger partial charge in [0.05, 0.1) is 12.7 Å². The predicted octanol–water partition coefficient (Wildman–Crippen LogP) is 5.00. The molecular formula is C48H68O18. The number of hydrogen-bond donors (Lipinski definition) is 0. The van der Waals surface area contributed by atoms with Crippen molar-refractivity contribution >= 4 is 41.8 Å². The number of fused-ring (bicyclic) bond motifs is 7. The van der Waals surface area contributed by atoms with E-state index in [9.17, 15) is 33.6 Å². The van der Waals surface area contributed by atoms with E-state index >= 15 is 0 Å². The van der Waals surface area contributed by atoms with Gasteiger partial charge >= 0.3 is 41.8 Å². The summed E-state index contributed by atoms with van der Waals surface area (Å²) >= 11 is 0. The van der Waals surface area contributed by atoms with Gasteiger partial charge in [-0.3, -0.25) is 33.6 Å². The molecule has 2 saturated heterocycles. The van der Waals surface area contributed by atoms with Crippen LogP contribution < -0.4 is 0 Å². The van der Waals surface area contributed by atoms with Crippen LogP contribution in [0.2, 0.25) is 0 Å². The average Bonchev–Trinajstić information content (AvgIpc) is 3.65. The minimum absolute atomic E-state index is 0.0192. The van der Waals surface area contributed by atoms with E-state index < -0.39 is 96.0 Å². The Balaban J connectivity index is 1.20. The first-order valence-corrected chi connectivity index (χ1v) is 23.0. The van der Waals surface area contributed by atoms with Gasteiger partial charge in [0.2, 0.25) is 0 Å². The zero-order chi connectivity index (χ0) is 48.6. The fourth-order valence-electron chi connectivity index (χ4n) is 13.0. The van der Waals surface area contributed by atoms with Crippen molar-refractivity contribution in [3.8, 4) is 0 Å². The van der Waals surface area contributed by atoms with E-state index in [1.807, 2.05) is 0 Å². The van der Waals surface area contributed by atoms with Crippen molar-refractivity contribution in [3.63, 3.8) is 0 Å². The first kappa shape index (κ1) is 51.0. The third kappa shape index (κ3) is 10.2. The molecule has 18 nitrogen and oxygen atoms in total. The zero-order valence-electron chi connectivity index (χ0n) is 40.1. The molecule has 2 aliphatic heterocycles. The molecule has 6 rings (SSSR count). The highest BCUT2D eigenvalue weighted by atomic mass is 16.7. The summed E-state index contributed by atoms with van der Waals surface area (Å²) in [4.78, 5) is 86.2. The Morgan fingerprint density at radius 3 is 1.95 bits per heavy atom. The molecule has 66 heavy (non-hydrogen) atoms. The highest BCUT2D eigenvalue weighted by molar-refractivity contribution is 5.69. The molecule has 5 fully saturated rings.